The van der Waals surface area contributed by atoms with Gasteiger partial charge in [-0.25, -0.2) is 0 Å². The van der Waals surface area contributed by atoms with Crippen molar-refractivity contribution in [2.75, 3.05) is 11.8 Å². The second kappa shape index (κ2) is 2.93. The largest absolute Gasteiger partial charge is 0.126 e. The summed E-state index contributed by atoms with van der Waals surface area (Å²) in [5, 5.41) is 0. The van der Waals surface area contributed by atoms with Crippen molar-refractivity contribution in [1.29, 1.82) is 0 Å². The van der Waals surface area contributed by atoms with Crippen LogP contribution in [-0.2, 0) is 0 Å². The van der Waals surface area contributed by atoms with Gasteiger partial charge in [-0.1, -0.05) is 0 Å². The first-order chi connectivity index (χ1) is 3.88. The van der Waals surface area contributed by atoms with Crippen LogP contribution in [0.2, 0.25) is 0 Å². The van der Waals surface area contributed by atoms with E-state index in [1.807, 2.05) is 0 Å². The topological polar surface area (TPSA) is 0 Å². The lowest BCUT2D eigenvalue weighted by molar-refractivity contribution is 0.226. The van der Waals surface area contributed by atoms with Crippen LogP contribution >= 0.6 is 23.2 Å². The Morgan fingerprint density at radius 1 is 1.00 bits per heavy atom. The molecule has 0 amide bonds. The Labute approximate surface area is 60.2 Å². The van der Waals surface area contributed by atoms with Crippen LogP contribution in [0.5, 0.6) is 0 Å². The summed E-state index contributed by atoms with van der Waals surface area (Å²) in [6.45, 7) is 0. The fraction of sp³-hybridized carbons (Fsp3) is 1.00. The zero-order valence-electron chi connectivity index (χ0n) is 4.74. The molecule has 1 rings (SSSR count). The van der Waals surface area contributed by atoms with Crippen LogP contribution in [0.25, 0.3) is 0 Å². The van der Waals surface area contributed by atoms with E-state index >= 15 is 0 Å². The summed E-state index contributed by atoms with van der Waals surface area (Å²) in [5.74, 6) is 3.07. The number of hydrogen-bond acceptors (Lipinski definition) is 0. The Morgan fingerprint density at radius 3 is 1.50 bits per heavy atom. The molecule has 48 valence electrons. The van der Waals surface area contributed by atoms with Gasteiger partial charge in [-0.2, -0.15) is 0 Å². The minimum atomic E-state index is 0.731. The molecule has 0 aliphatic heterocycles. The molecule has 0 radical (unpaired) electrons. The zero-order valence-corrected chi connectivity index (χ0v) is 6.25. The van der Waals surface area contributed by atoms with Crippen molar-refractivity contribution in [1.82, 2.24) is 0 Å². The number of hydrogen-bond donors (Lipinski definition) is 0. The van der Waals surface area contributed by atoms with Crippen molar-refractivity contribution in [3.63, 3.8) is 0 Å². The second-order valence-corrected chi connectivity index (χ2v) is 3.02. The van der Waals surface area contributed by atoms with Crippen LogP contribution in [-0.4, -0.2) is 11.8 Å². The molecule has 0 bridgehead atoms. The van der Waals surface area contributed by atoms with E-state index in [0.717, 1.165) is 23.6 Å². The van der Waals surface area contributed by atoms with Crippen molar-refractivity contribution in [2.45, 2.75) is 12.8 Å². The van der Waals surface area contributed by atoms with Crippen molar-refractivity contribution in [2.24, 2.45) is 11.8 Å². The second-order valence-electron chi connectivity index (χ2n) is 2.41. The van der Waals surface area contributed by atoms with E-state index in [4.69, 9.17) is 23.2 Å². The van der Waals surface area contributed by atoms with Gasteiger partial charge in [0.15, 0.2) is 0 Å². The summed E-state index contributed by atoms with van der Waals surface area (Å²) in [4.78, 5) is 0. The number of alkyl halides is 2. The van der Waals surface area contributed by atoms with Gasteiger partial charge in [0, 0.05) is 11.8 Å². The van der Waals surface area contributed by atoms with Crippen molar-refractivity contribution < 1.29 is 0 Å². The van der Waals surface area contributed by atoms with Crippen molar-refractivity contribution in [3.05, 3.63) is 0 Å². The first-order valence-electron chi connectivity index (χ1n) is 3.00. The molecule has 1 aliphatic rings. The molecule has 1 saturated carbocycles. The molecule has 0 aromatic heterocycles. The van der Waals surface area contributed by atoms with E-state index in [9.17, 15) is 0 Å². The molecule has 0 unspecified atom stereocenters. The van der Waals surface area contributed by atoms with E-state index in [2.05, 4.69) is 0 Å². The van der Waals surface area contributed by atoms with E-state index in [0.29, 0.717) is 0 Å². The lowest BCUT2D eigenvalue weighted by Crippen LogP contribution is -2.28. The Balaban J connectivity index is 2.16. The average molecular weight is 153 g/mol. The van der Waals surface area contributed by atoms with Crippen molar-refractivity contribution in [3.8, 4) is 0 Å². The summed E-state index contributed by atoms with van der Waals surface area (Å²) in [5.41, 5.74) is 0. The first-order valence-corrected chi connectivity index (χ1v) is 4.07. The standard InChI is InChI=1S/C6H10Cl2/c7-3-5-1-2-6(5)4-8/h5-6H,1-4H2/t5-,6+. The Bertz CT molecular complexity index is 58.9. The molecule has 0 aromatic rings. The highest BCUT2D eigenvalue weighted by Gasteiger charge is 2.28. The van der Waals surface area contributed by atoms with Gasteiger partial charge in [0.2, 0.25) is 0 Å². The molecule has 0 nitrogen and oxygen atoms in total. The van der Waals surface area contributed by atoms with Crippen LogP contribution in [0.15, 0.2) is 0 Å². The number of halogens is 2. The first kappa shape index (κ1) is 6.70. The van der Waals surface area contributed by atoms with E-state index < -0.39 is 0 Å². The fourth-order valence-electron chi connectivity index (χ4n) is 1.04. The maximum Gasteiger partial charge on any atom is 0.0254 e. The molecule has 2 heteroatoms. The van der Waals surface area contributed by atoms with Gasteiger partial charge in [-0.15, -0.1) is 23.2 Å². The zero-order chi connectivity index (χ0) is 5.98. The Kier molecular flexibility index (Phi) is 2.45. The molecule has 1 aliphatic carbocycles. The minimum absolute atomic E-state index is 0.731. The molecule has 0 heterocycles. The fourth-order valence-corrected chi connectivity index (χ4v) is 1.86. The SMILES string of the molecule is ClC[C@@H]1CC[C@@H]1CCl. The molecule has 0 spiro atoms. The van der Waals surface area contributed by atoms with Gasteiger partial charge in [0.05, 0.1) is 0 Å². The van der Waals surface area contributed by atoms with Crippen LogP contribution in [0, 0.1) is 11.8 Å². The molecule has 1 fully saturated rings. The molecular weight excluding hydrogens is 143 g/mol. The number of rotatable bonds is 2. The maximum atomic E-state index is 5.62. The molecule has 0 aromatic carbocycles. The predicted octanol–water partition coefficient (Wildman–Crippen LogP) is 2.49. The maximum absolute atomic E-state index is 5.62. The third-order valence-corrected chi connectivity index (χ3v) is 2.76. The smallest absolute Gasteiger partial charge is 0.0254 e. The molecule has 8 heavy (non-hydrogen) atoms. The van der Waals surface area contributed by atoms with Gasteiger partial charge >= 0.3 is 0 Å². The predicted molar refractivity (Wildman–Crippen MR) is 37.7 cm³/mol. The lowest BCUT2D eigenvalue weighted by Gasteiger charge is -2.33. The van der Waals surface area contributed by atoms with Gasteiger partial charge < -0.3 is 0 Å². The summed E-state index contributed by atoms with van der Waals surface area (Å²) < 4.78 is 0. The van der Waals surface area contributed by atoms with Crippen LogP contribution in [0.1, 0.15) is 12.8 Å². The monoisotopic (exact) mass is 152 g/mol. The lowest BCUT2D eigenvalue weighted by atomic mass is 9.76. The Morgan fingerprint density at radius 2 is 1.38 bits per heavy atom. The van der Waals surface area contributed by atoms with Gasteiger partial charge in [0.25, 0.3) is 0 Å². The highest BCUT2D eigenvalue weighted by atomic mass is 35.5. The molecule has 0 N–H and O–H groups in total. The minimum Gasteiger partial charge on any atom is -0.126 e. The quantitative estimate of drug-likeness (QED) is 0.534. The van der Waals surface area contributed by atoms with E-state index in [-0.39, 0.29) is 0 Å². The van der Waals surface area contributed by atoms with Crippen LogP contribution < -0.4 is 0 Å². The van der Waals surface area contributed by atoms with Gasteiger partial charge in [-0.3, -0.25) is 0 Å². The summed E-state index contributed by atoms with van der Waals surface area (Å²) in [7, 11) is 0. The summed E-state index contributed by atoms with van der Waals surface area (Å²) in [6.07, 6.45) is 2.59. The molecule has 2 atom stereocenters. The molecular formula is C6H10Cl2. The normalized spacial score (nSPS) is 36.8. The average Bonchev–Trinajstić information content (AvgIpc) is 1.66. The van der Waals surface area contributed by atoms with Gasteiger partial charge in [-0.05, 0) is 24.7 Å². The third-order valence-electron chi connectivity index (χ3n) is 1.97. The van der Waals surface area contributed by atoms with Gasteiger partial charge in [0.1, 0.15) is 0 Å². The Hall–Kier alpha value is 0.580. The van der Waals surface area contributed by atoms with Crippen LogP contribution in [0.4, 0.5) is 0 Å². The van der Waals surface area contributed by atoms with E-state index in [1.165, 1.54) is 12.8 Å². The van der Waals surface area contributed by atoms with Crippen molar-refractivity contribution >= 4 is 23.2 Å². The highest BCUT2D eigenvalue weighted by Crippen LogP contribution is 2.35. The summed E-state index contributed by atoms with van der Waals surface area (Å²) >= 11 is 11.2. The third kappa shape index (κ3) is 1.11. The van der Waals surface area contributed by atoms with E-state index in [1.54, 1.807) is 0 Å². The highest BCUT2D eigenvalue weighted by molar-refractivity contribution is 6.19. The molecule has 0 saturated heterocycles. The van der Waals surface area contributed by atoms with Crippen LogP contribution in [0.3, 0.4) is 0 Å². The summed E-state index contributed by atoms with van der Waals surface area (Å²) in [6, 6.07) is 0.